The monoisotopic (exact) mass is 369 g/mol. The maximum Gasteiger partial charge on any atom is 0.123 e. The van der Waals surface area contributed by atoms with Crippen LogP contribution in [0.4, 0.5) is 4.39 Å². The third-order valence-corrected chi connectivity index (χ3v) is 5.41. The predicted octanol–water partition coefficient (Wildman–Crippen LogP) is 5.05. The molecule has 1 atom stereocenters. The van der Waals surface area contributed by atoms with Crippen molar-refractivity contribution >= 4 is 27.3 Å². The summed E-state index contributed by atoms with van der Waals surface area (Å²) in [5, 5.41) is 5.63. The molecule has 0 bridgehead atoms. The first-order valence-electron chi connectivity index (χ1n) is 7.36. The van der Waals surface area contributed by atoms with Crippen molar-refractivity contribution in [3.8, 4) is 0 Å². The van der Waals surface area contributed by atoms with Crippen LogP contribution in [0.5, 0.6) is 0 Å². The molecule has 21 heavy (non-hydrogen) atoms. The lowest BCUT2D eigenvalue weighted by Gasteiger charge is -2.17. The number of rotatable bonds is 8. The Balaban J connectivity index is 2.00. The molecule has 0 aliphatic carbocycles. The quantitative estimate of drug-likeness (QED) is 0.641. The van der Waals surface area contributed by atoms with Gasteiger partial charge in [0.15, 0.2) is 0 Å². The van der Waals surface area contributed by atoms with Crippen molar-refractivity contribution in [1.29, 1.82) is 0 Å². The van der Waals surface area contributed by atoms with Crippen molar-refractivity contribution in [2.45, 2.75) is 26.2 Å². The van der Waals surface area contributed by atoms with Gasteiger partial charge in [-0.3, -0.25) is 0 Å². The Kier molecular flexibility index (Phi) is 6.87. The summed E-state index contributed by atoms with van der Waals surface area (Å²) in [5.41, 5.74) is 1.20. The second-order valence-electron chi connectivity index (χ2n) is 5.30. The fourth-order valence-corrected chi connectivity index (χ4v) is 4.02. The molecule has 1 heterocycles. The Morgan fingerprint density at radius 3 is 2.57 bits per heavy atom. The third kappa shape index (κ3) is 5.53. The van der Waals surface area contributed by atoms with Crippen molar-refractivity contribution in [2.24, 2.45) is 5.92 Å². The van der Waals surface area contributed by atoms with Crippen LogP contribution in [0.3, 0.4) is 0 Å². The molecule has 0 radical (unpaired) electrons. The maximum atomic E-state index is 13.0. The summed E-state index contributed by atoms with van der Waals surface area (Å²) in [6.45, 7) is 4.22. The highest BCUT2D eigenvalue weighted by Crippen LogP contribution is 2.26. The van der Waals surface area contributed by atoms with Crippen molar-refractivity contribution in [3.63, 3.8) is 0 Å². The number of hydrogen-bond donors (Lipinski definition) is 1. The van der Waals surface area contributed by atoms with Gasteiger partial charge in [-0.15, -0.1) is 11.3 Å². The van der Waals surface area contributed by atoms with Crippen LogP contribution in [0.15, 0.2) is 40.2 Å². The Morgan fingerprint density at radius 2 is 1.95 bits per heavy atom. The normalized spacial score (nSPS) is 12.5. The Labute approximate surface area is 138 Å². The lowest BCUT2D eigenvalue weighted by molar-refractivity contribution is 0.472. The van der Waals surface area contributed by atoms with Gasteiger partial charge in [0.25, 0.3) is 0 Å². The molecule has 1 unspecified atom stereocenters. The second kappa shape index (κ2) is 8.66. The fraction of sp³-hybridized carbons (Fsp3) is 0.412. The van der Waals surface area contributed by atoms with Crippen LogP contribution >= 0.6 is 27.3 Å². The SMILES string of the molecule is CCCNCC(Cc1ccc(F)cc1)Cc1sccc1Br. The van der Waals surface area contributed by atoms with E-state index in [2.05, 4.69) is 39.6 Å². The lowest BCUT2D eigenvalue weighted by atomic mass is 9.95. The minimum Gasteiger partial charge on any atom is -0.316 e. The summed E-state index contributed by atoms with van der Waals surface area (Å²) in [6.07, 6.45) is 3.17. The zero-order valence-corrected chi connectivity index (χ0v) is 14.6. The minimum absolute atomic E-state index is 0.166. The zero-order chi connectivity index (χ0) is 15.1. The highest BCUT2D eigenvalue weighted by molar-refractivity contribution is 9.10. The van der Waals surface area contributed by atoms with Gasteiger partial charge in [0.2, 0.25) is 0 Å². The second-order valence-corrected chi connectivity index (χ2v) is 7.15. The van der Waals surface area contributed by atoms with Crippen molar-refractivity contribution in [3.05, 3.63) is 56.4 Å². The van der Waals surface area contributed by atoms with E-state index in [4.69, 9.17) is 0 Å². The Morgan fingerprint density at radius 1 is 1.19 bits per heavy atom. The molecule has 1 aromatic carbocycles. The molecule has 0 aliphatic rings. The molecule has 0 spiro atoms. The average Bonchev–Trinajstić information content (AvgIpc) is 2.87. The highest BCUT2D eigenvalue weighted by atomic mass is 79.9. The van der Waals surface area contributed by atoms with Gasteiger partial charge < -0.3 is 5.32 Å². The number of nitrogens with one attached hydrogen (secondary N) is 1. The van der Waals surface area contributed by atoms with Gasteiger partial charge in [-0.25, -0.2) is 4.39 Å². The number of thiophene rings is 1. The van der Waals surface area contributed by atoms with Crippen LogP contribution in [0.1, 0.15) is 23.8 Å². The van der Waals surface area contributed by atoms with E-state index in [9.17, 15) is 4.39 Å². The summed E-state index contributed by atoms with van der Waals surface area (Å²) >= 11 is 5.41. The molecule has 2 aromatic rings. The van der Waals surface area contributed by atoms with E-state index in [1.165, 1.54) is 14.9 Å². The van der Waals surface area contributed by atoms with E-state index in [0.29, 0.717) is 5.92 Å². The highest BCUT2D eigenvalue weighted by Gasteiger charge is 2.13. The molecule has 0 saturated heterocycles. The number of benzene rings is 1. The van der Waals surface area contributed by atoms with Gasteiger partial charge in [0.05, 0.1) is 0 Å². The van der Waals surface area contributed by atoms with Gasteiger partial charge in [0, 0.05) is 9.35 Å². The van der Waals surface area contributed by atoms with Crippen LogP contribution in [0.25, 0.3) is 0 Å². The molecular weight excluding hydrogens is 349 g/mol. The van der Waals surface area contributed by atoms with Gasteiger partial charge in [-0.2, -0.15) is 0 Å². The maximum absolute atomic E-state index is 13.0. The molecule has 1 aromatic heterocycles. The van der Waals surface area contributed by atoms with Crippen molar-refractivity contribution < 1.29 is 4.39 Å². The van der Waals surface area contributed by atoms with E-state index >= 15 is 0 Å². The molecule has 4 heteroatoms. The predicted molar refractivity (Wildman–Crippen MR) is 92.5 cm³/mol. The zero-order valence-electron chi connectivity index (χ0n) is 12.2. The summed E-state index contributed by atoms with van der Waals surface area (Å²) in [7, 11) is 0. The lowest BCUT2D eigenvalue weighted by Crippen LogP contribution is -2.26. The topological polar surface area (TPSA) is 12.0 Å². The van der Waals surface area contributed by atoms with Crippen LogP contribution in [0, 0.1) is 11.7 Å². The van der Waals surface area contributed by atoms with E-state index < -0.39 is 0 Å². The first-order valence-corrected chi connectivity index (χ1v) is 9.03. The largest absolute Gasteiger partial charge is 0.316 e. The van der Waals surface area contributed by atoms with Gasteiger partial charge >= 0.3 is 0 Å². The fourth-order valence-electron chi connectivity index (χ4n) is 2.39. The van der Waals surface area contributed by atoms with Crippen LogP contribution < -0.4 is 5.32 Å². The molecule has 0 aliphatic heterocycles. The van der Waals surface area contributed by atoms with Gasteiger partial charge in [0.1, 0.15) is 5.82 Å². The first kappa shape index (κ1) is 16.7. The van der Waals surface area contributed by atoms with E-state index in [1.807, 2.05) is 12.1 Å². The first-order chi connectivity index (χ1) is 10.2. The molecule has 0 saturated carbocycles. The van der Waals surface area contributed by atoms with Crippen LogP contribution in [-0.4, -0.2) is 13.1 Å². The Hall–Kier alpha value is -0.710. The van der Waals surface area contributed by atoms with E-state index in [-0.39, 0.29) is 5.82 Å². The molecule has 1 N–H and O–H groups in total. The average molecular weight is 370 g/mol. The van der Waals surface area contributed by atoms with Crippen molar-refractivity contribution in [1.82, 2.24) is 5.32 Å². The molecule has 2 rings (SSSR count). The summed E-state index contributed by atoms with van der Waals surface area (Å²) in [6, 6.07) is 8.99. The van der Waals surface area contributed by atoms with Gasteiger partial charge in [-0.1, -0.05) is 19.1 Å². The summed E-state index contributed by atoms with van der Waals surface area (Å²) < 4.78 is 14.2. The summed E-state index contributed by atoms with van der Waals surface area (Å²) in [4.78, 5) is 1.39. The number of halogens is 2. The smallest absolute Gasteiger partial charge is 0.123 e. The van der Waals surface area contributed by atoms with Crippen molar-refractivity contribution in [2.75, 3.05) is 13.1 Å². The van der Waals surface area contributed by atoms with E-state index in [1.54, 1.807) is 23.5 Å². The Bertz CT molecular complexity index is 538. The summed E-state index contributed by atoms with van der Waals surface area (Å²) in [5.74, 6) is 0.359. The minimum atomic E-state index is -0.166. The third-order valence-electron chi connectivity index (χ3n) is 3.46. The molecule has 114 valence electrons. The van der Waals surface area contributed by atoms with E-state index in [0.717, 1.165) is 32.4 Å². The molecule has 1 nitrogen and oxygen atoms in total. The van der Waals surface area contributed by atoms with Gasteiger partial charge in [-0.05, 0) is 83.3 Å². The standard InChI is InChI=1S/C17H21BrFNS/c1-2-8-20-12-14(11-17-16(18)7-9-21-17)10-13-3-5-15(19)6-4-13/h3-7,9,14,20H,2,8,10-12H2,1H3. The van der Waals surface area contributed by atoms with Crippen LogP contribution in [-0.2, 0) is 12.8 Å². The number of hydrogen-bond acceptors (Lipinski definition) is 2. The molecule has 0 amide bonds. The van der Waals surface area contributed by atoms with Crippen LogP contribution in [0.2, 0.25) is 0 Å². The molecular formula is C17H21BrFNS. The molecule has 0 fully saturated rings.